The Labute approximate surface area is 218 Å². The summed E-state index contributed by atoms with van der Waals surface area (Å²) in [5.41, 5.74) is 5.48. The average Bonchev–Trinajstić information content (AvgIpc) is 3.22. The van der Waals surface area contributed by atoms with E-state index in [0.29, 0.717) is 24.7 Å². The van der Waals surface area contributed by atoms with Crippen molar-refractivity contribution in [1.82, 2.24) is 19.4 Å². The van der Waals surface area contributed by atoms with Gasteiger partial charge in [0.15, 0.2) is 5.84 Å². The molecule has 1 aliphatic rings. The SMILES string of the molecule is C=Cc1cnc2c(c1)cc(CCC(C)C)n2-c1ccc(C(=N)N=C(C)C)nc1.CN1CCC(F)(F)CC1. The molecule has 0 spiro atoms. The van der Waals surface area contributed by atoms with Gasteiger partial charge in [0.05, 0.1) is 11.9 Å². The first-order valence-electron chi connectivity index (χ1n) is 12.8. The van der Waals surface area contributed by atoms with Gasteiger partial charge in [0, 0.05) is 48.9 Å². The van der Waals surface area contributed by atoms with Gasteiger partial charge in [0.25, 0.3) is 5.92 Å². The molecule has 198 valence electrons. The average molecular weight is 509 g/mol. The van der Waals surface area contributed by atoms with Gasteiger partial charge in [0.1, 0.15) is 11.3 Å². The molecular formula is C29H38F2N6. The van der Waals surface area contributed by atoms with Crippen LogP contribution in [-0.2, 0) is 6.42 Å². The van der Waals surface area contributed by atoms with Crippen LogP contribution in [0.5, 0.6) is 0 Å². The Morgan fingerprint density at radius 3 is 2.41 bits per heavy atom. The number of hydrogen-bond acceptors (Lipinski definition) is 4. The molecule has 3 aromatic rings. The van der Waals surface area contributed by atoms with E-state index >= 15 is 0 Å². The highest BCUT2D eigenvalue weighted by atomic mass is 19.3. The van der Waals surface area contributed by atoms with Crippen LogP contribution in [0, 0.1) is 11.3 Å². The molecule has 1 fully saturated rings. The topological polar surface area (TPSA) is 70.2 Å². The molecule has 37 heavy (non-hydrogen) atoms. The number of likely N-dealkylation sites (tertiary alicyclic amines) is 1. The van der Waals surface area contributed by atoms with Gasteiger partial charge in [-0.1, -0.05) is 26.5 Å². The first-order valence-corrected chi connectivity index (χ1v) is 12.8. The summed E-state index contributed by atoms with van der Waals surface area (Å²) in [6.45, 7) is 13.1. The number of aliphatic imine (C=N–C) groups is 1. The summed E-state index contributed by atoms with van der Waals surface area (Å²) in [4.78, 5) is 15.3. The summed E-state index contributed by atoms with van der Waals surface area (Å²) >= 11 is 0. The fraction of sp³-hybridized carbons (Fsp3) is 0.448. The second-order valence-electron chi connectivity index (χ2n) is 10.3. The lowest BCUT2D eigenvalue weighted by Gasteiger charge is -2.28. The first-order chi connectivity index (χ1) is 17.5. The monoisotopic (exact) mass is 508 g/mol. The summed E-state index contributed by atoms with van der Waals surface area (Å²) in [7, 11) is 1.87. The first kappa shape index (κ1) is 28.3. The number of pyridine rings is 2. The second-order valence-corrected chi connectivity index (χ2v) is 10.3. The Morgan fingerprint density at radius 1 is 1.16 bits per heavy atom. The molecule has 4 heterocycles. The van der Waals surface area contributed by atoms with Crippen molar-refractivity contribution >= 4 is 28.7 Å². The van der Waals surface area contributed by atoms with Gasteiger partial charge in [-0.15, -0.1) is 0 Å². The molecule has 0 aliphatic carbocycles. The van der Waals surface area contributed by atoms with E-state index in [1.807, 2.05) is 50.2 Å². The Kier molecular flexibility index (Phi) is 9.43. The zero-order valence-corrected chi connectivity index (χ0v) is 22.6. The van der Waals surface area contributed by atoms with E-state index in [1.165, 1.54) is 5.69 Å². The Morgan fingerprint density at radius 2 is 1.86 bits per heavy atom. The molecule has 8 heteroatoms. The number of rotatable bonds is 6. The molecule has 0 radical (unpaired) electrons. The highest BCUT2D eigenvalue weighted by Gasteiger charge is 2.32. The number of nitrogens with one attached hydrogen (secondary N) is 1. The Balaban J connectivity index is 0.000000356. The maximum absolute atomic E-state index is 12.4. The molecule has 1 aliphatic heterocycles. The van der Waals surface area contributed by atoms with Crippen LogP contribution in [0.15, 0.2) is 48.2 Å². The fourth-order valence-corrected chi connectivity index (χ4v) is 4.07. The van der Waals surface area contributed by atoms with E-state index in [0.717, 1.165) is 40.8 Å². The van der Waals surface area contributed by atoms with E-state index in [-0.39, 0.29) is 18.7 Å². The van der Waals surface area contributed by atoms with Crippen molar-refractivity contribution in [3.05, 3.63) is 60.2 Å². The van der Waals surface area contributed by atoms with Crippen LogP contribution in [0.4, 0.5) is 8.78 Å². The molecule has 0 saturated carbocycles. The minimum Gasteiger partial charge on any atom is -0.306 e. The zero-order chi connectivity index (χ0) is 27.2. The van der Waals surface area contributed by atoms with Gasteiger partial charge in [-0.25, -0.2) is 18.8 Å². The standard InChI is InChI=1S/C23H27N5.C6H11F2N/c1-6-17-11-18-12-19(8-7-15(2)3)28(23(18)26-13-17)20-9-10-21(25-14-20)22(24)27-16(4)5;1-9-4-2-6(7,8)3-5-9/h6,9-15,24H,1,7-8H2,2-5H3;2-5H2,1H3. The molecule has 0 aromatic carbocycles. The third-order valence-electron chi connectivity index (χ3n) is 6.25. The molecular weight excluding hydrogens is 470 g/mol. The largest absolute Gasteiger partial charge is 0.306 e. The summed E-state index contributed by atoms with van der Waals surface area (Å²) in [5, 5.41) is 9.15. The van der Waals surface area contributed by atoms with Gasteiger partial charge < -0.3 is 4.90 Å². The molecule has 1 N–H and O–H groups in total. The van der Waals surface area contributed by atoms with Gasteiger partial charge in [0.2, 0.25) is 0 Å². The van der Waals surface area contributed by atoms with Crippen molar-refractivity contribution in [2.24, 2.45) is 10.9 Å². The highest BCUT2D eigenvalue weighted by Crippen LogP contribution is 2.27. The van der Waals surface area contributed by atoms with Crippen molar-refractivity contribution in [1.29, 1.82) is 5.41 Å². The lowest BCUT2D eigenvalue weighted by atomic mass is 10.1. The van der Waals surface area contributed by atoms with Gasteiger partial charge in [-0.05, 0) is 69.5 Å². The van der Waals surface area contributed by atoms with Crippen molar-refractivity contribution < 1.29 is 8.78 Å². The van der Waals surface area contributed by atoms with Crippen LogP contribution in [0.3, 0.4) is 0 Å². The molecule has 0 unspecified atom stereocenters. The molecule has 0 bridgehead atoms. The number of hydrogen-bond donors (Lipinski definition) is 1. The van der Waals surface area contributed by atoms with Gasteiger partial charge in [-0.3, -0.25) is 15.0 Å². The normalized spacial score (nSPS) is 15.2. The maximum atomic E-state index is 12.4. The lowest BCUT2D eigenvalue weighted by molar-refractivity contribution is -0.0504. The number of aromatic nitrogens is 3. The number of piperidine rings is 1. The summed E-state index contributed by atoms with van der Waals surface area (Å²) in [6.07, 6.45) is 7.59. The highest BCUT2D eigenvalue weighted by molar-refractivity contribution is 6.03. The molecule has 6 nitrogen and oxygen atoms in total. The fourth-order valence-electron chi connectivity index (χ4n) is 4.07. The smallest absolute Gasteiger partial charge is 0.250 e. The van der Waals surface area contributed by atoms with Crippen LogP contribution in [-0.4, -0.2) is 57.0 Å². The van der Waals surface area contributed by atoms with Crippen LogP contribution >= 0.6 is 0 Å². The van der Waals surface area contributed by atoms with Gasteiger partial charge >= 0.3 is 0 Å². The number of halogens is 2. The van der Waals surface area contributed by atoms with Crippen molar-refractivity contribution in [3.63, 3.8) is 0 Å². The molecule has 1 saturated heterocycles. The molecule has 4 rings (SSSR count). The number of alkyl halides is 2. The van der Waals surface area contributed by atoms with E-state index < -0.39 is 5.92 Å². The van der Waals surface area contributed by atoms with E-state index in [2.05, 4.69) is 52.1 Å². The number of amidine groups is 1. The van der Waals surface area contributed by atoms with Crippen LogP contribution in [0.1, 0.15) is 63.9 Å². The third-order valence-corrected chi connectivity index (χ3v) is 6.25. The Hall–Kier alpha value is -3.26. The zero-order valence-electron chi connectivity index (χ0n) is 22.6. The number of nitrogens with zero attached hydrogens (tertiary/aromatic N) is 5. The third kappa shape index (κ3) is 7.86. The predicted molar refractivity (Wildman–Crippen MR) is 149 cm³/mol. The minimum atomic E-state index is -2.38. The van der Waals surface area contributed by atoms with Crippen LogP contribution in [0.2, 0.25) is 0 Å². The van der Waals surface area contributed by atoms with Crippen LogP contribution in [0.25, 0.3) is 22.8 Å². The van der Waals surface area contributed by atoms with Crippen molar-refractivity contribution in [3.8, 4) is 5.69 Å². The summed E-state index contributed by atoms with van der Waals surface area (Å²) in [6, 6.07) is 8.15. The maximum Gasteiger partial charge on any atom is 0.250 e. The van der Waals surface area contributed by atoms with E-state index in [9.17, 15) is 8.78 Å². The lowest BCUT2D eigenvalue weighted by Crippen LogP contribution is -2.36. The van der Waals surface area contributed by atoms with E-state index in [4.69, 9.17) is 5.41 Å². The number of aryl methyl sites for hydroxylation is 1. The Bertz CT molecular complexity index is 1240. The summed E-state index contributed by atoms with van der Waals surface area (Å²) in [5.74, 6) is -1.58. The predicted octanol–water partition coefficient (Wildman–Crippen LogP) is 6.81. The van der Waals surface area contributed by atoms with Crippen molar-refractivity contribution in [2.75, 3.05) is 20.1 Å². The summed E-state index contributed by atoms with van der Waals surface area (Å²) < 4.78 is 26.9. The van der Waals surface area contributed by atoms with Crippen molar-refractivity contribution in [2.45, 2.75) is 59.3 Å². The number of fused-ring (bicyclic) bond motifs is 1. The molecule has 3 aromatic heterocycles. The van der Waals surface area contributed by atoms with Gasteiger partial charge in [-0.2, -0.15) is 0 Å². The minimum absolute atomic E-state index is 0.0312. The quantitative estimate of drug-likeness (QED) is 0.294. The second kappa shape index (κ2) is 12.3. The van der Waals surface area contributed by atoms with Crippen LogP contribution < -0.4 is 0 Å². The molecule has 0 atom stereocenters. The van der Waals surface area contributed by atoms with E-state index in [1.54, 1.807) is 6.20 Å². The molecule has 0 amide bonds.